The lowest BCUT2D eigenvalue weighted by Crippen LogP contribution is -2.47. The van der Waals surface area contributed by atoms with E-state index in [1.807, 2.05) is 22.9 Å². The molecule has 4 aliphatic heterocycles. The van der Waals surface area contributed by atoms with E-state index in [2.05, 4.69) is 46.0 Å². The minimum Gasteiger partial charge on any atom is -0.456 e. The number of fused-ring (bicyclic) bond motifs is 3. The lowest BCUT2D eigenvalue weighted by atomic mass is 9.99. The van der Waals surface area contributed by atoms with Crippen LogP contribution in [-0.4, -0.2) is 91.6 Å². The first-order chi connectivity index (χ1) is 25.5. The predicted octanol–water partition coefficient (Wildman–Crippen LogP) is 7.94. The van der Waals surface area contributed by atoms with Crippen LogP contribution in [0.1, 0.15) is 100 Å². The number of hydrogen-bond donors (Lipinski definition) is 0. The summed E-state index contributed by atoms with van der Waals surface area (Å²) in [6.45, 7) is 14.2. The molecule has 0 saturated carbocycles. The summed E-state index contributed by atoms with van der Waals surface area (Å²) >= 11 is 6.97. The first-order valence-corrected chi connectivity index (χ1v) is 23.0. The molecule has 288 valence electrons. The summed E-state index contributed by atoms with van der Waals surface area (Å²) in [5.41, 5.74) is 5.74. The summed E-state index contributed by atoms with van der Waals surface area (Å²) in [7, 11) is -2.01. The van der Waals surface area contributed by atoms with Crippen molar-refractivity contribution < 1.29 is 32.8 Å². The number of imidazole rings is 1. The van der Waals surface area contributed by atoms with E-state index in [0.717, 1.165) is 80.6 Å². The molecule has 0 spiro atoms. The van der Waals surface area contributed by atoms with E-state index in [9.17, 15) is 0 Å². The Kier molecular flexibility index (Phi) is 11.0. The smallest absolute Gasteiger partial charge is 0.301 e. The molecule has 0 amide bonds. The predicted molar refractivity (Wildman–Crippen MR) is 205 cm³/mol. The first-order valence-electron chi connectivity index (χ1n) is 19.7. The number of rotatable bonds is 11. The van der Waals surface area contributed by atoms with Gasteiger partial charge < -0.3 is 32.8 Å². The van der Waals surface area contributed by atoms with Crippen LogP contribution >= 0.6 is 11.6 Å². The molecule has 3 unspecified atom stereocenters. The maximum Gasteiger partial charge on any atom is 0.301 e. The molecule has 7 heterocycles. The van der Waals surface area contributed by atoms with Crippen molar-refractivity contribution >= 4 is 37.2 Å². The summed E-state index contributed by atoms with van der Waals surface area (Å²) in [4.78, 5) is 15.1. The standard InChI is InChI=1S/C40H55ClN4O7Si/c1-40(2,3)53(4,5)52-32-24-50-36-31(23-49-37(32)36)51-39-44-30-21-28(41)29(43-38(30)45(39)33-12-6-8-16-46-33)20-27-15-14-26-19-25(22-42-35(26)27)11-10-18-48-34-13-7-9-17-47-34/h10-11,19,21-22,27,31-34,36-37H,6-9,12-18,20,23-24H2,1-5H3/b11-10+/t27?,31-,32-,33?,34?,36-,37-/m1/s1. The molecule has 0 bridgehead atoms. The van der Waals surface area contributed by atoms with Crippen LogP contribution in [0.5, 0.6) is 6.01 Å². The highest BCUT2D eigenvalue weighted by molar-refractivity contribution is 6.74. The van der Waals surface area contributed by atoms with Crippen LogP contribution in [0.3, 0.4) is 0 Å². The van der Waals surface area contributed by atoms with Gasteiger partial charge in [0.05, 0.1) is 36.6 Å². The van der Waals surface area contributed by atoms with Gasteiger partial charge in [0.15, 0.2) is 26.4 Å². The molecule has 3 aromatic rings. The summed E-state index contributed by atoms with van der Waals surface area (Å²) in [5, 5.41) is 0.693. The van der Waals surface area contributed by atoms with E-state index >= 15 is 0 Å². The Balaban J connectivity index is 0.984. The second-order valence-electron chi connectivity index (χ2n) is 16.8. The molecule has 53 heavy (non-hydrogen) atoms. The van der Waals surface area contributed by atoms with Crippen molar-refractivity contribution in [1.29, 1.82) is 0 Å². The molecule has 3 aromatic heterocycles. The van der Waals surface area contributed by atoms with Crippen LogP contribution < -0.4 is 4.74 Å². The van der Waals surface area contributed by atoms with E-state index in [1.165, 1.54) is 5.56 Å². The highest BCUT2D eigenvalue weighted by Crippen LogP contribution is 2.42. The SMILES string of the molecule is CC(C)(C)[Si](C)(C)O[C@@H]1CO[C@H]2[C@@H]1OC[C@H]2Oc1nc2cc(Cl)c(CC3CCc4cc(/C=C/COC5CCCCO5)cnc43)nc2n1C1CCCCO1. The zero-order chi connectivity index (χ0) is 36.7. The zero-order valence-corrected chi connectivity index (χ0v) is 33.6. The first kappa shape index (κ1) is 37.5. The Morgan fingerprint density at radius 2 is 1.72 bits per heavy atom. The maximum absolute atomic E-state index is 6.97. The Hall–Kier alpha value is -2.42. The Morgan fingerprint density at radius 1 is 0.943 bits per heavy atom. The lowest BCUT2D eigenvalue weighted by Gasteiger charge is -2.39. The quantitative estimate of drug-likeness (QED) is 0.179. The van der Waals surface area contributed by atoms with Gasteiger partial charge in [-0.05, 0) is 99.2 Å². The molecule has 4 fully saturated rings. The normalized spacial score (nSPS) is 29.3. The molecule has 4 saturated heterocycles. The minimum absolute atomic E-state index is 0.0860. The van der Waals surface area contributed by atoms with E-state index < -0.39 is 8.32 Å². The molecule has 11 nitrogen and oxygen atoms in total. The fourth-order valence-electron chi connectivity index (χ4n) is 8.04. The molecule has 0 aromatic carbocycles. The molecule has 0 radical (unpaired) electrons. The van der Waals surface area contributed by atoms with Crippen LogP contribution in [0.2, 0.25) is 23.2 Å². The summed E-state index contributed by atoms with van der Waals surface area (Å²) in [6, 6.07) is 4.64. The minimum atomic E-state index is -2.01. The molecule has 7 atom stereocenters. The van der Waals surface area contributed by atoms with Gasteiger partial charge in [-0.2, -0.15) is 4.98 Å². The number of pyridine rings is 2. The topological polar surface area (TPSA) is 108 Å². The van der Waals surface area contributed by atoms with Crippen LogP contribution in [0, 0.1) is 0 Å². The molecular weight excluding hydrogens is 712 g/mol. The number of aryl methyl sites for hydroxylation is 1. The van der Waals surface area contributed by atoms with Crippen molar-refractivity contribution in [2.75, 3.05) is 33.0 Å². The molecular formula is C40H55ClN4O7Si. The van der Waals surface area contributed by atoms with Gasteiger partial charge in [0.1, 0.15) is 24.0 Å². The van der Waals surface area contributed by atoms with Gasteiger partial charge in [-0.15, -0.1) is 0 Å². The number of halogens is 1. The Bertz CT molecular complexity index is 1780. The fraction of sp³-hybridized carbons (Fsp3) is 0.675. The third-order valence-electron chi connectivity index (χ3n) is 12.0. The Morgan fingerprint density at radius 3 is 2.47 bits per heavy atom. The molecule has 0 N–H and O–H groups in total. The largest absolute Gasteiger partial charge is 0.456 e. The molecule has 1 aliphatic carbocycles. The van der Waals surface area contributed by atoms with E-state index in [0.29, 0.717) is 49.4 Å². The van der Waals surface area contributed by atoms with Gasteiger partial charge >= 0.3 is 6.01 Å². The summed E-state index contributed by atoms with van der Waals surface area (Å²) in [6.07, 6.45) is 13.7. The van der Waals surface area contributed by atoms with Gasteiger partial charge in [0.2, 0.25) is 0 Å². The lowest BCUT2D eigenvalue weighted by molar-refractivity contribution is -0.155. The van der Waals surface area contributed by atoms with Crippen LogP contribution in [0.15, 0.2) is 24.4 Å². The van der Waals surface area contributed by atoms with E-state index in [-0.39, 0.29) is 47.9 Å². The number of aromatic nitrogens is 4. The van der Waals surface area contributed by atoms with Gasteiger partial charge in [-0.1, -0.05) is 44.5 Å². The van der Waals surface area contributed by atoms with Crippen molar-refractivity contribution in [2.24, 2.45) is 0 Å². The fourth-order valence-corrected chi connectivity index (χ4v) is 9.57. The van der Waals surface area contributed by atoms with E-state index in [1.54, 1.807) is 0 Å². The van der Waals surface area contributed by atoms with Crippen molar-refractivity contribution in [3.63, 3.8) is 0 Å². The van der Waals surface area contributed by atoms with Crippen molar-refractivity contribution in [3.8, 4) is 6.01 Å². The molecule has 8 rings (SSSR count). The number of nitrogens with zero attached hydrogens (tertiary/aromatic N) is 4. The average molecular weight is 767 g/mol. The number of hydrogen-bond acceptors (Lipinski definition) is 10. The third-order valence-corrected chi connectivity index (χ3v) is 16.8. The Labute approximate surface area is 319 Å². The van der Waals surface area contributed by atoms with Crippen LogP contribution in [0.4, 0.5) is 0 Å². The molecule has 13 heteroatoms. The summed E-state index contributed by atoms with van der Waals surface area (Å²) < 4.78 is 46.0. The maximum atomic E-state index is 6.97. The average Bonchev–Trinajstić information content (AvgIpc) is 3.91. The molecule has 5 aliphatic rings. The third kappa shape index (κ3) is 7.98. The zero-order valence-electron chi connectivity index (χ0n) is 31.9. The van der Waals surface area contributed by atoms with Gasteiger partial charge in [-0.3, -0.25) is 9.55 Å². The number of ether oxygens (including phenoxy) is 6. The second kappa shape index (κ2) is 15.6. The van der Waals surface area contributed by atoms with Crippen LogP contribution in [-0.2, 0) is 41.0 Å². The van der Waals surface area contributed by atoms with Crippen molar-refractivity contribution in [1.82, 2.24) is 19.5 Å². The van der Waals surface area contributed by atoms with Crippen molar-refractivity contribution in [2.45, 2.75) is 140 Å². The van der Waals surface area contributed by atoms with Gasteiger partial charge in [0, 0.05) is 31.0 Å². The highest BCUT2D eigenvalue weighted by Gasteiger charge is 2.52. The van der Waals surface area contributed by atoms with Crippen LogP contribution in [0.25, 0.3) is 17.2 Å². The summed E-state index contributed by atoms with van der Waals surface area (Å²) in [5.74, 6) is 0.226. The van der Waals surface area contributed by atoms with Gasteiger partial charge in [-0.25, -0.2) is 4.98 Å². The second-order valence-corrected chi connectivity index (χ2v) is 22.0. The van der Waals surface area contributed by atoms with E-state index in [4.69, 9.17) is 59.4 Å². The van der Waals surface area contributed by atoms with Crippen molar-refractivity contribution in [3.05, 3.63) is 51.9 Å². The monoisotopic (exact) mass is 766 g/mol. The highest BCUT2D eigenvalue weighted by atomic mass is 35.5. The van der Waals surface area contributed by atoms with Gasteiger partial charge in [0.25, 0.3) is 0 Å².